The van der Waals surface area contributed by atoms with Gasteiger partial charge in [0.25, 0.3) is 5.91 Å². The zero-order valence-corrected chi connectivity index (χ0v) is 14.0. The highest BCUT2D eigenvalue weighted by Crippen LogP contribution is 2.28. The Morgan fingerprint density at radius 1 is 1.23 bits per heavy atom. The molecule has 1 amide bonds. The van der Waals surface area contributed by atoms with Gasteiger partial charge in [-0.3, -0.25) is 4.79 Å². The number of rotatable bonds is 4. The van der Waals surface area contributed by atoms with E-state index < -0.39 is 12.1 Å². The second-order valence-corrected chi connectivity index (χ2v) is 6.11. The Morgan fingerprint density at radius 2 is 2.00 bits per heavy atom. The van der Waals surface area contributed by atoms with Crippen LogP contribution in [-0.2, 0) is 11.2 Å². The number of ether oxygens (including phenoxy) is 1. The first-order chi connectivity index (χ1) is 12.6. The summed E-state index contributed by atoms with van der Waals surface area (Å²) in [5, 5.41) is 6.71. The third-order valence-corrected chi connectivity index (χ3v) is 4.21. The van der Waals surface area contributed by atoms with E-state index in [0.717, 1.165) is 11.3 Å². The van der Waals surface area contributed by atoms with Crippen molar-refractivity contribution >= 4 is 5.91 Å². The van der Waals surface area contributed by atoms with Crippen LogP contribution in [0.5, 0.6) is 5.75 Å². The molecule has 2 unspecified atom stereocenters. The summed E-state index contributed by atoms with van der Waals surface area (Å²) < 4.78 is 23.9. The Bertz CT molecular complexity index is 914. The molecule has 1 aliphatic heterocycles. The van der Waals surface area contributed by atoms with Crippen LogP contribution in [0.2, 0.25) is 0 Å². The van der Waals surface area contributed by atoms with Gasteiger partial charge in [0.2, 0.25) is 11.7 Å². The van der Waals surface area contributed by atoms with Crippen LogP contribution in [0.4, 0.5) is 4.39 Å². The largest absolute Gasteiger partial charge is 0.480 e. The minimum atomic E-state index is -0.575. The predicted octanol–water partition coefficient (Wildman–Crippen LogP) is 3.06. The molecule has 0 saturated carbocycles. The van der Waals surface area contributed by atoms with Crippen molar-refractivity contribution in [1.29, 1.82) is 0 Å². The molecular formula is C19H16FN3O3. The number of nitrogens with zero attached hydrogens (tertiary/aromatic N) is 2. The molecule has 0 spiro atoms. The first-order valence-electron chi connectivity index (χ1n) is 8.24. The average molecular weight is 353 g/mol. The molecule has 6 nitrogen and oxygen atoms in total. The van der Waals surface area contributed by atoms with Crippen LogP contribution in [0, 0.1) is 5.82 Å². The number of nitrogens with one attached hydrogen (secondary N) is 1. The molecule has 0 radical (unpaired) electrons. The third kappa shape index (κ3) is 3.15. The molecule has 4 rings (SSSR count). The molecular weight excluding hydrogens is 337 g/mol. The van der Waals surface area contributed by atoms with E-state index in [-0.39, 0.29) is 17.6 Å². The molecule has 2 atom stereocenters. The van der Waals surface area contributed by atoms with Crippen LogP contribution < -0.4 is 10.1 Å². The Morgan fingerprint density at radius 3 is 2.77 bits per heavy atom. The number of carbonyl (C=O) groups is 1. The quantitative estimate of drug-likeness (QED) is 0.780. The van der Waals surface area contributed by atoms with Crippen LogP contribution in [0.3, 0.4) is 0 Å². The van der Waals surface area contributed by atoms with Crippen LogP contribution in [0.1, 0.15) is 24.4 Å². The molecule has 0 fully saturated rings. The van der Waals surface area contributed by atoms with E-state index in [0.29, 0.717) is 17.8 Å². The lowest BCUT2D eigenvalue weighted by molar-refractivity contribution is -0.128. The molecule has 1 aromatic heterocycles. The number of halogens is 1. The molecule has 3 aromatic rings. The van der Waals surface area contributed by atoms with E-state index in [1.807, 2.05) is 24.3 Å². The number of para-hydroxylation sites is 1. The fraction of sp³-hybridized carbons (Fsp3) is 0.211. The van der Waals surface area contributed by atoms with Gasteiger partial charge in [0.1, 0.15) is 17.6 Å². The Balaban J connectivity index is 1.42. The summed E-state index contributed by atoms with van der Waals surface area (Å²) in [6.07, 6.45) is -0.0475. The van der Waals surface area contributed by atoms with Crippen molar-refractivity contribution in [3.63, 3.8) is 0 Å². The maximum Gasteiger partial charge on any atom is 0.262 e. The highest BCUT2D eigenvalue weighted by atomic mass is 19.1. The standard InChI is InChI=1S/C19H16FN3O3/c1-11(19-22-17(23-26-19)12-6-8-14(20)9-7-12)21-18(24)16-10-13-4-2-3-5-15(13)25-16/h2-9,11,16H,10H2,1H3,(H,21,24). The number of hydrogen-bond acceptors (Lipinski definition) is 5. The number of hydrogen-bond donors (Lipinski definition) is 1. The van der Waals surface area contributed by atoms with Crippen LogP contribution in [0.15, 0.2) is 53.1 Å². The number of carbonyl (C=O) groups excluding carboxylic acids is 1. The van der Waals surface area contributed by atoms with Crippen molar-refractivity contribution in [1.82, 2.24) is 15.5 Å². The molecule has 7 heteroatoms. The van der Waals surface area contributed by atoms with E-state index in [1.165, 1.54) is 12.1 Å². The lowest BCUT2D eigenvalue weighted by atomic mass is 10.1. The highest BCUT2D eigenvalue weighted by Gasteiger charge is 2.30. The summed E-state index contributed by atoms with van der Waals surface area (Å²) in [5.41, 5.74) is 1.64. The van der Waals surface area contributed by atoms with Gasteiger partial charge in [0.05, 0.1) is 0 Å². The van der Waals surface area contributed by atoms with Gasteiger partial charge in [0, 0.05) is 12.0 Å². The minimum Gasteiger partial charge on any atom is -0.480 e. The number of benzene rings is 2. The van der Waals surface area contributed by atoms with Gasteiger partial charge in [0.15, 0.2) is 6.10 Å². The predicted molar refractivity (Wildman–Crippen MR) is 90.8 cm³/mol. The maximum atomic E-state index is 13.0. The van der Waals surface area contributed by atoms with E-state index in [4.69, 9.17) is 9.26 Å². The van der Waals surface area contributed by atoms with Gasteiger partial charge >= 0.3 is 0 Å². The summed E-state index contributed by atoms with van der Waals surface area (Å²) in [5.74, 6) is 0.765. The van der Waals surface area contributed by atoms with Crippen LogP contribution in [-0.4, -0.2) is 22.2 Å². The van der Waals surface area contributed by atoms with Crippen molar-refractivity contribution in [2.45, 2.75) is 25.5 Å². The Hall–Kier alpha value is -3.22. The molecule has 0 saturated heterocycles. The molecule has 1 N–H and O–H groups in total. The first kappa shape index (κ1) is 16.3. The molecule has 0 bridgehead atoms. The van der Waals surface area contributed by atoms with E-state index in [2.05, 4.69) is 15.5 Å². The van der Waals surface area contributed by atoms with E-state index in [9.17, 15) is 9.18 Å². The zero-order chi connectivity index (χ0) is 18.1. The van der Waals surface area contributed by atoms with Gasteiger partial charge in [-0.25, -0.2) is 4.39 Å². The van der Waals surface area contributed by atoms with Crippen molar-refractivity contribution in [3.8, 4) is 17.1 Å². The zero-order valence-electron chi connectivity index (χ0n) is 14.0. The van der Waals surface area contributed by atoms with Crippen LogP contribution in [0.25, 0.3) is 11.4 Å². The average Bonchev–Trinajstić information content (AvgIpc) is 3.29. The SMILES string of the molecule is CC(NC(=O)C1Cc2ccccc2O1)c1nc(-c2ccc(F)cc2)no1. The highest BCUT2D eigenvalue weighted by molar-refractivity contribution is 5.82. The van der Waals surface area contributed by atoms with Gasteiger partial charge < -0.3 is 14.6 Å². The van der Waals surface area contributed by atoms with Crippen molar-refractivity contribution in [2.75, 3.05) is 0 Å². The fourth-order valence-electron chi connectivity index (χ4n) is 2.82. The first-order valence-corrected chi connectivity index (χ1v) is 8.24. The van der Waals surface area contributed by atoms with Gasteiger partial charge in [-0.1, -0.05) is 23.4 Å². The number of aromatic nitrogens is 2. The third-order valence-electron chi connectivity index (χ3n) is 4.21. The summed E-state index contributed by atoms with van der Waals surface area (Å²) in [6, 6.07) is 12.9. The minimum absolute atomic E-state index is 0.241. The summed E-state index contributed by atoms with van der Waals surface area (Å²) in [6.45, 7) is 1.75. The normalized spacial score (nSPS) is 16.6. The topological polar surface area (TPSA) is 77.2 Å². The number of fused-ring (bicyclic) bond motifs is 1. The van der Waals surface area contributed by atoms with Gasteiger partial charge in [-0.15, -0.1) is 0 Å². The van der Waals surface area contributed by atoms with E-state index in [1.54, 1.807) is 19.1 Å². The summed E-state index contributed by atoms with van der Waals surface area (Å²) in [7, 11) is 0. The lowest BCUT2D eigenvalue weighted by Gasteiger charge is -2.14. The fourth-order valence-corrected chi connectivity index (χ4v) is 2.82. The van der Waals surface area contributed by atoms with Crippen molar-refractivity contribution < 1.29 is 18.4 Å². The van der Waals surface area contributed by atoms with Gasteiger partial charge in [-0.05, 0) is 42.8 Å². The molecule has 1 aliphatic rings. The summed E-state index contributed by atoms with van der Waals surface area (Å²) >= 11 is 0. The van der Waals surface area contributed by atoms with Crippen molar-refractivity contribution in [3.05, 3.63) is 65.8 Å². The smallest absolute Gasteiger partial charge is 0.262 e. The Kier molecular flexibility index (Phi) is 4.12. The molecule has 0 aliphatic carbocycles. The second kappa shape index (κ2) is 6.59. The van der Waals surface area contributed by atoms with Crippen molar-refractivity contribution in [2.24, 2.45) is 0 Å². The number of amides is 1. The molecule has 2 aromatic carbocycles. The summed E-state index contributed by atoms with van der Waals surface area (Å²) in [4.78, 5) is 16.7. The molecule has 26 heavy (non-hydrogen) atoms. The Labute approximate surface area is 149 Å². The second-order valence-electron chi connectivity index (χ2n) is 6.11. The molecule has 132 valence electrons. The molecule has 2 heterocycles. The van der Waals surface area contributed by atoms with Gasteiger partial charge in [-0.2, -0.15) is 4.98 Å². The van der Waals surface area contributed by atoms with Crippen LogP contribution >= 0.6 is 0 Å². The van der Waals surface area contributed by atoms with E-state index >= 15 is 0 Å². The maximum absolute atomic E-state index is 13.0. The monoisotopic (exact) mass is 353 g/mol. The lowest BCUT2D eigenvalue weighted by Crippen LogP contribution is -2.38.